The summed E-state index contributed by atoms with van der Waals surface area (Å²) in [6.45, 7) is 3.83. The van der Waals surface area contributed by atoms with Crippen LogP contribution in [0.5, 0.6) is 0 Å². The van der Waals surface area contributed by atoms with Crippen molar-refractivity contribution in [3.63, 3.8) is 0 Å². The van der Waals surface area contributed by atoms with E-state index in [1.807, 2.05) is 50.2 Å². The van der Waals surface area contributed by atoms with E-state index in [9.17, 15) is 4.79 Å². The Morgan fingerprint density at radius 1 is 1.16 bits per heavy atom. The van der Waals surface area contributed by atoms with Crippen molar-refractivity contribution in [2.45, 2.75) is 19.3 Å². The van der Waals surface area contributed by atoms with Crippen LogP contribution in [-0.2, 0) is 10.2 Å². The van der Waals surface area contributed by atoms with Crippen molar-refractivity contribution in [1.82, 2.24) is 29.8 Å². The minimum Gasteiger partial charge on any atom is -0.325 e. The number of fused-ring (bicyclic) bond motifs is 3. The fraction of sp³-hybridized carbons (Fsp3) is 0.136. The molecule has 0 atom stereocenters. The molecular formula is C22H18N8O. The molecule has 0 fully saturated rings. The van der Waals surface area contributed by atoms with Crippen molar-refractivity contribution < 1.29 is 4.79 Å². The van der Waals surface area contributed by atoms with Crippen LogP contribution in [0.25, 0.3) is 27.8 Å². The lowest BCUT2D eigenvalue weighted by Crippen LogP contribution is -2.26. The number of benzene rings is 2. The van der Waals surface area contributed by atoms with E-state index in [1.165, 1.54) is 0 Å². The average molecular weight is 410 g/mol. The fourth-order valence-electron chi connectivity index (χ4n) is 4.04. The summed E-state index contributed by atoms with van der Waals surface area (Å²) in [5.41, 5.74) is 5.25. The zero-order chi connectivity index (χ0) is 21.2. The smallest absolute Gasteiger partial charge is 0.247 e. The molecule has 0 spiro atoms. The fourth-order valence-corrected chi connectivity index (χ4v) is 4.04. The molecule has 1 aliphatic heterocycles. The lowest BCUT2D eigenvalue weighted by Gasteiger charge is -2.14. The molecule has 3 N–H and O–H groups in total. The van der Waals surface area contributed by atoms with Crippen molar-refractivity contribution in [3.05, 3.63) is 60.6 Å². The molecule has 1 aliphatic rings. The van der Waals surface area contributed by atoms with Crippen LogP contribution in [0, 0.1) is 0 Å². The number of nitrogens with zero attached hydrogens (tertiary/aromatic N) is 5. The van der Waals surface area contributed by atoms with E-state index < -0.39 is 5.41 Å². The first-order valence-electron chi connectivity index (χ1n) is 9.87. The van der Waals surface area contributed by atoms with Gasteiger partial charge in [0, 0.05) is 34.7 Å². The van der Waals surface area contributed by atoms with Crippen LogP contribution in [0.4, 0.5) is 17.3 Å². The Morgan fingerprint density at radius 2 is 2.06 bits per heavy atom. The van der Waals surface area contributed by atoms with Crippen LogP contribution in [0.3, 0.4) is 0 Å². The molecule has 0 unspecified atom stereocenters. The summed E-state index contributed by atoms with van der Waals surface area (Å²) in [5, 5.41) is 18.8. The van der Waals surface area contributed by atoms with Gasteiger partial charge in [0.05, 0.1) is 17.1 Å². The van der Waals surface area contributed by atoms with Crippen LogP contribution in [0.1, 0.15) is 19.4 Å². The van der Waals surface area contributed by atoms with E-state index in [-0.39, 0.29) is 5.91 Å². The number of rotatable bonds is 3. The zero-order valence-corrected chi connectivity index (χ0v) is 16.8. The second-order valence-corrected chi connectivity index (χ2v) is 8.08. The monoisotopic (exact) mass is 410 g/mol. The number of aromatic amines is 1. The highest BCUT2D eigenvalue weighted by molar-refractivity contribution is 6.06. The Hall–Kier alpha value is -4.27. The number of amides is 1. The highest BCUT2D eigenvalue weighted by Crippen LogP contribution is 2.39. The van der Waals surface area contributed by atoms with Gasteiger partial charge < -0.3 is 10.6 Å². The van der Waals surface area contributed by atoms with Gasteiger partial charge in [-0.25, -0.2) is 4.52 Å². The Kier molecular flexibility index (Phi) is 3.47. The molecule has 152 valence electrons. The summed E-state index contributed by atoms with van der Waals surface area (Å²) >= 11 is 0. The average Bonchev–Trinajstić information content (AvgIpc) is 3.44. The van der Waals surface area contributed by atoms with Gasteiger partial charge in [-0.1, -0.05) is 18.2 Å². The van der Waals surface area contributed by atoms with E-state index in [0.29, 0.717) is 11.6 Å². The number of aromatic nitrogens is 6. The maximum Gasteiger partial charge on any atom is 0.247 e. The van der Waals surface area contributed by atoms with Crippen LogP contribution in [0.15, 0.2) is 55.0 Å². The van der Waals surface area contributed by atoms with Gasteiger partial charge in [0.2, 0.25) is 11.9 Å². The molecule has 4 heterocycles. The number of H-pyrrole nitrogens is 1. The molecule has 0 saturated heterocycles. The third kappa shape index (κ3) is 2.59. The van der Waals surface area contributed by atoms with Crippen LogP contribution in [-0.4, -0.2) is 35.7 Å². The number of hydrogen-bond donors (Lipinski definition) is 3. The zero-order valence-electron chi connectivity index (χ0n) is 16.8. The van der Waals surface area contributed by atoms with Gasteiger partial charge in [0.25, 0.3) is 0 Å². The Morgan fingerprint density at radius 3 is 2.97 bits per heavy atom. The minimum absolute atomic E-state index is 0.00496. The molecule has 31 heavy (non-hydrogen) atoms. The number of carbonyl (C=O) groups is 1. The Bertz CT molecular complexity index is 1500. The number of carbonyl (C=O) groups excluding carboxylic acids is 1. The van der Waals surface area contributed by atoms with E-state index in [0.717, 1.165) is 39.1 Å². The highest BCUT2D eigenvalue weighted by Gasteiger charge is 2.38. The van der Waals surface area contributed by atoms with Crippen molar-refractivity contribution in [2.75, 3.05) is 10.6 Å². The maximum atomic E-state index is 12.2. The molecule has 5 aromatic rings. The lowest BCUT2D eigenvalue weighted by molar-refractivity contribution is -0.119. The topological polar surface area (TPSA) is 113 Å². The van der Waals surface area contributed by atoms with Crippen molar-refractivity contribution in [1.29, 1.82) is 0 Å². The van der Waals surface area contributed by atoms with Gasteiger partial charge in [-0.15, -0.1) is 5.10 Å². The summed E-state index contributed by atoms with van der Waals surface area (Å²) in [5.74, 6) is 0.437. The van der Waals surface area contributed by atoms with Gasteiger partial charge in [-0.2, -0.15) is 10.1 Å². The maximum absolute atomic E-state index is 12.2. The van der Waals surface area contributed by atoms with Gasteiger partial charge in [0.1, 0.15) is 5.69 Å². The van der Waals surface area contributed by atoms with E-state index in [4.69, 9.17) is 0 Å². The molecule has 9 heteroatoms. The van der Waals surface area contributed by atoms with E-state index in [1.54, 1.807) is 23.1 Å². The van der Waals surface area contributed by atoms with Gasteiger partial charge >= 0.3 is 0 Å². The minimum atomic E-state index is -0.538. The van der Waals surface area contributed by atoms with E-state index in [2.05, 4.69) is 35.9 Å². The largest absolute Gasteiger partial charge is 0.325 e. The number of hydrogen-bond acceptors (Lipinski definition) is 6. The van der Waals surface area contributed by atoms with Crippen LogP contribution < -0.4 is 10.6 Å². The molecule has 0 aliphatic carbocycles. The molecule has 6 rings (SSSR count). The summed E-state index contributed by atoms with van der Waals surface area (Å²) in [7, 11) is 0. The predicted octanol–water partition coefficient (Wildman–Crippen LogP) is 3.64. The standard InChI is InChI=1S/C22H18N8O/c1-22(2)15-7-6-12(10-17(15)26-20(22)31)25-21-27-19-18(23-8-9-30(19)29-21)13-4-3-5-16-14(13)11-24-28-16/h3-11H,1-2H3,(H,24,28)(H,25,29)(H,26,31). The second kappa shape index (κ2) is 6.11. The summed E-state index contributed by atoms with van der Waals surface area (Å²) in [4.78, 5) is 21.4. The molecule has 0 saturated carbocycles. The van der Waals surface area contributed by atoms with Gasteiger partial charge in [-0.05, 0) is 37.6 Å². The van der Waals surface area contributed by atoms with Crippen LogP contribution in [0.2, 0.25) is 0 Å². The first kappa shape index (κ1) is 17.6. The van der Waals surface area contributed by atoms with Crippen molar-refractivity contribution in [3.8, 4) is 11.3 Å². The predicted molar refractivity (Wildman–Crippen MR) is 117 cm³/mol. The Balaban J connectivity index is 1.40. The molecule has 0 bridgehead atoms. The summed E-state index contributed by atoms with van der Waals surface area (Å²) in [6.07, 6.45) is 5.25. The molecular weight excluding hydrogens is 392 g/mol. The number of anilines is 3. The molecule has 0 radical (unpaired) electrons. The molecule has 2 aromatic carbocycles. The first-order valence-corrected chi connectivity index (χ1v) is 9.87. The summed E-state index contributed by atoms with van der Waals surface area (Å²) < 4.78 is 1.70. The van der Waals surface area contributed by atoms with Gasteiger partial charge in [0.15, 0.2) is 5.65 Å². The van der Waals surface area contributed by atoms with Crippen LogP contribution >= 0.6 is 0 Å². The quantitative estimate of drug-likeness (QED) is 0.419. The summed E-state index contributed by atoms with van der Waals surface area (Å²) in [6, 6.07) is 11.7. The lowest BCUT2D eigenvalue weighted by atomic mass is 9.86. The Labute approximate surface area is 176 Å². The van der Waals surface area contributed by atoms with E-state index >= 15 is 0 Å². The normalized spacial score (nSPS) is 14.7. The van der Waals surface area contributed by atoms with Crippen molar-refractivity contribution in [2.24, 2.45) is 0 Å². The molecule has 3 aromatic heterocycles. The van der Waals surface area contributed by atoms with Gasteiger partial charge in [-0.3, -0.25) is 14.9 Å². The highest BCUT2D eigenvalue weighted by atomic mass is 16.2. The second-order valence-electron chi connectivity index (χ2n) is 8.08. The SMILES string of the molecule is CC1(C)C(=O)Nc2cc(Nc3nc4c(-c5cccc6[nH]ncc56)nccn4n3)ccc21. The third-order valence-corrected chi connectivity index (χ3v) is 5.76. The number of nitrogens with one attached hydrogen (secondary N) is 3. The first-order chi connectivity index (χ1) is 15.0. The third-order valence-electron chi connectivity index (χ3n) is 5.76. The molecule has 1 amide bonds. The molecule has 9 nitrogen and oxygen atoms in total. The van der Waals surface area contributed by atoms with Crippen molar-refractivity contribution >= 4 is 39.8 Å².